The minimum atomic E-state index is 0.546. The van der Waals surface area contributed by atoms with Gasteiger partial charge in [0.05, 0.1) is 18.5 Å². The summed E-state index contributed by atoms with van der Waals surface area (Å²) in [5.74, 6) is 0.778. The van der Waals surface area contributed by atoms with Crippen molar-refractivity contribution in [2.45, 2.75) is 39.5 Å². The molecule has 1 aliphatic heterocycles. The SMILES string of the molecule is CCC1(CC)CCN(c2cccc(OC)c2N)CC1. The lowest BCUT2D eigenvalue weighted by atomic mass is 9.74. The Balaban J connectivity index is 2.14. The third-order valence-electron chi connectivity index (χ3n) is 4.93. The molecule has 0 spiro atoms. The van der Waals surface area contributed by atoms with Gasteiger partial charge in [-0.3, -0.25) is 0 Å². The van der Waals surface area contributed by atoms with E-state index in [0.29, 0.717) is 5.41 Å². The molecule has 1 aliphatic rings. The van der Waals surface area contributed by atoms with Crippen molar-refractivity contribution in [1.29, 1.82) is 0 Å². The molecule has 1 heterocycles. The molecule has 0 saturated carbocycles. The molecule has 1 fully saturated rings. The van der Waals surface area contributed by atoms with Crippen LogP contribution in [0.3, 0.4) is 0 Å². The molecule has 0 bridgehead atoms. The van der Waals surface area contributed by atoms with E-state index in [2.05, 4.69) is 24.8 Å². The first-order valence-electron chi connectivity index (χ1n) is 7.33. The molecule has 0 aromatic heterocycles. The normalized spacial score (nSPS) is 18.4. The second-order valence-corrected chi connectivity index (χ2v) is 5.59. The number of rotatable bonds is 4. The second kappa shape index (κ2) is 5.72. The Morgan fingerprint density at radius 3 is 2.37 bits per heavy atom. The van der Waals surface area contributed by atoms with Crippen LogP contribution in [0.25, 0.3) is 0 Å². The highest BCUT2D eigenvalue weighted by molar-refractivity contribution is 5.74. The van der Waals surface area contributed by atoms with E-state index in [9.17, 15) is 0 Å². The van der Waals surface area contributed by atoms with Gasteiger partial charge in [-0.1, -0.05) is 32.8 Å². The third kappa shape index (κ3) is 2.65. The van der Waals surface area contributed by atoms with Crippen molar-refractivity contribution in [1.82, 2.24) is 0 Å². The van der Waals surface area contributed by atoms with Gasteiger partial charge in [0.25, 0.3) is 0 Å². The van der Waals surface area contributed by atoms with E-state index in [0.717, 1.165) is 30.2 Å². The van der Waals surface area contributed by atoms with Crippen molar-refractivity contribution >= 4 is 11.4 Å². The molecular formula is C16H26N2O. The zero-order chi connectivity index (χ0) is 13.9. The van der Waals surface area contributed by atoms with Crippen molar-refractivity contribution < 1.29 is 4.74 Å². The Labute approximate surface area is 116 Å². The molecule has 1 aromatic carbocycles. The zero-order valence-corrected chi connectivity index (χ0v) is 12.4. The van der Waals surface area contributed by atoms with E-state index < -0.39 is 0 Å². The Bertz CT molecular complexity index is 417. The maximum Gasteiger partial charge on any atom is 0.143 e. The highest BCUT2D eigenvalue weighted by atomic mass is 16.5. The van der Waals surface area contributed by atoms with Crippen LogP contribution in [0.5, 0.6) is 5.75 Å². The van der Waals surface area contributed by atoms with Crippen LogP contribution in [0.4, 0.5) is 11.4 Å². The van der Waals surface area contributed by atoms with Gasteiger partial charge in [0, 0.05) is 13.1 Å². The third-order valence-corrected chi connectivity index (χ3v) is 4.93. The van der Waals surface area contributed by atoms with E-state index in [1.165, 1.54) is 25.7 Å². The largest absolute Gasteiger partial charge is 0.495 e. The van der Waals surface area contributed by atoms with Gasteiger partial charge in [-0.05, 0) is 30.4 Å². The van der Waals surface area contributed by atoms with E-state index in [4.69, 9.17) is 10.5 Å². The Morgan fingerprint density at radius 2 is 1.84 bits per heavy atom. The van der Waals surface area contributed by atoms with E-state index in [-0.39, 0.29) is 0 Å². The first-order valence-corrected chi connectivity index (χ1v) is 7.33. The molecule has 1 aromatic rings. The number of para-hydroxylation sites is 1. The smallest absolute Gasteiger partial charge is 0.143 e. The summed E-state index contributed by atoms with van der Waals surface area (Å²) >= 11 is 0. The van der Waals surface area contributed by atoms with Crippen LogP contribution in [0, 0.1) is 5.41 Å². The summed E-state index contributed by atoms with van der Waals surface area (Å²) < 4.78 is 5.31. The number of piperidine rings is 1. The molecule has 0 unspecified atom stereocenters. The Morgan fingerprint density at radius 1 is 1.21 bits per heavy atom. The summed E-state index contributed by atoms with van der Waals surface area (Å²) in [6.45, 7) is 6.83. The van der Waals surface area contributed by atoms with Gasteiger partial charge in [-0.2, -0.15) is 0 Å². The minimum absolute atomic E-state index is 0.546. The standard InChI is InChI=1S/C16H26N2O/c1-4-16(5-2)9-11-18(12-10-16)13-7-6-8-14(19-3)15(13)17/h6-8H,4-5,9-12,17H2,1-3H3. The first kappa shape index (κ1) is 14.0. The molecule has 3 nitrogen and oxygen atoms in total. The fourth-order valence-corrected chi connectivity index (χ4v) is 3.17. The lowest BCUT2D eigenvalue weighted by Crippen LogP contribution is -2.39. The summed E-state index contributed by atoms with van der Waals surface area (Å²) in [6.07, 6.45) is 5.09. The highest BCUT2D eigenvalue weighted by Crippen LogP contribution is 2.41. The number of nitrogen functional groups attached to an aromatic ring is 1. The number of nitrogens with two attached hydrogens (primary N) is 1. The van der Waals surface area contributed by atoms with Crippen LogP contribution in [0.15, 0.2) is 18.2 Å². The van der Waals surface area contributed by atoms with Crippen LogP contribution >= 0.6 is 0 Å². The van der Waals surface area contributed by atoms with Crippen LogP contribution in [-0.4, -0.2) is 20.2 Å². The lowest BCUT2D eigenvalue weighted by Gasteiger charge is -2.42. The van der Waals surface area contributed by atoms with Crippen LogP contribution in [0.1, 0.15) is 39.5 Å². The van der Waals surface area contributed by atoms with E-state index >= 15 is 0 Å². The summed E-state index contributed by atoms with van der Waals surface area (Å²) in [4.78, 5) is 2.40. The predicted molar refractivity (Wildman–Crippen MR) is 81.9 cm³/mol. The second-order valence-electron chi connectivity index (χ2n) is 5.59. The molecule has 1 saturated heterocycles. The maximum absolute atomic E-state index is 6.19. The van der Waals surface area contributed by atoms with Gasteiger partial charge in [0.1, 0.15) is 5.75 Å². The van der Waals surface area contributed by atoms with Crippen LogP contribution in [-0.2, 0) is 0 Å². The Kier molecular flexibility index (Phi) is 4.23. The maximum atomic E-state index is 6.19. The molecule has 3 heteroatoms. The molecule has 2 N–H and O–H groups in total. The van der Waals surface area contributed by atoms with E-state index in [1.54, 1.807) is 7.11 Å². The first-order chi connectivity index (χ1) is 9.15. The number of benzene rings is 1. The average Bonchev–Trinajstić information content (AvgIpc) is 2.48. The monoisotopic (exact) mass is 262 g/mol. The van der Waals surface area contributed by atoms with Crippen molar-refractivity contribution in [2.24, 2.45) is 5.41 Å². The summed E-state index contributed by atoms with van der Waals surface area (Å²) in [7, 11) is 1.67. The minimum Gasteiger partial charge on any atom is -0.495 e. The fourth-order valence-electron chi connectivity index (χ4n) is 3.17. The molecule has 0 amide bonds. The Hall–Kier alpha value is -1.38. The summed E-state index contributed by atoms with van der Waals surface area (Å²) in [6, 6.07) is 6.04. The molecule has 0 radical (unpaired) electrons. The number of ether oxygens (including phenoxy) is 1. The average molecular weight is 262 g/mol. The van der Waals surface area contributed by atoms with Gasteiger partial charge in [-0.15, -0.1) is 0 Å². The van der Waals surface area contributed by atoms with E-state index in [1.807, 2.05) is 12.1 Å². The number of hydrogen-bond acceptors (Lipinski definition) is 3. The van der Waals surface area contributed by atoms with Crippen molar-refractivity contribution in [3.8, 4) is 5.75 Å². The molecule has 0 atom stereocenters. The lowest BCUT2D eigenvalue weighted by molar-refractivity contribution is 0.199. The number of anilines is 2. The van der Waals surface area contributed by atoms with Gasteiger partial charge >= 0.3 is 0 Å². The summed E-state index contributed by atoms with van der Waals surface area (Å²) in [5.41, 5.74) is 8.63. The molecule has 106 valence electrons. The van der Waals surface area contributed by atoms with Crippen LogP contribution in [0.2, 0.25) is 0 Å². The summed E-state index contributed by atoms with van der Waals surface area (Å²) in [5, 5.41) is 0. The van der Waals surface area contributed by atoms with Gasteiger partial charge < -0.3 is 15.4 Å². The molecule has 19 heavy (non-hydrogen) atoms. The van der Waals surface area contributed by atoms with Crippen molar-refractivity contribution in [3.05, 3.63) is 18.2 Å². The number of nitrogens with zero attached hydrogens (tertiary/aromatic N) is 1. The predicted octanol–water partition coefficient (Wildman–Crippen LogP) is 3.68. The topological polar surface area (TPSA) is 38.5 Å². The van der Waals surface area contributed by atoms with Gasteiger partial charge in [-0.25, -0.2) is 0 Å². The quantitative estimate of drug-likeness (QED) is 0.841. The molecule has 2 rings (SSSR count). The molecular weight excluding hydrogens is 236 g/mol. The van der Waals surface area contributed by atoms with Gasteiger partial charge in [0.2, 0.25) is 0 Å². The van der Waals surface area contributed by atoms with Gasteiger partial charge in [0.15, 0.2) is 0 Å². The zero-order valence-electron chi connectivity index (χ0n) is 12.4. The highest BCUT2D eigenvalue weighted by Gasteiger charge is 2.31. The number of methoxy groups -OCH3 is 1. The number of hydrogen-bond donors (Lipinski definition) is 1. The van der Waals surface area contributed by atoms with Crippen LogP contribution < -0.4 is 15.4 Å². The molecule has 0 aliphatic carbocycles. The van der Waals surface area contributed by atoms with Crippen molar-refractivity contribution in [2.75, 3.05) is 30.8 Å². The fraction of sp³-hybridized carbons (Fsp3) is 0.625. The van der Waals surface area contributed by atoms with Crippen molar-refractivity contribution in [3.63, 3.8) is 0 Å².